The molecular formula is C18H18ClNO4S. The minimum atomic E-state index is -1.33. The molecule has 1 N–H and O–H groups in total. The molecule has 0 spiro atoms. The molecule has 0 aliphatic heterocycles. The second kappa shape index (κ2) is 8.27. The van der Waals surface area contributed by atoms with Gasteiger partial charge in [-0.3, -0.25) is 9.00 Å². The van der Waals surface area contributed by atoms with Crippen LogP contribution in [0.1, 0.15) is 21.5 Å². The van der Waals surface area contributed by atoms with E-state index < -0.39 is 29.3 Å². The van der Waals surface area contributed by atoms with Crippen molar-refractivity contribution in [2.75, 3.05) is 18.2 Å². The molecule has 0 heterocycles. The topological polar surface area (TPSA) is 72.5 Å². The van der Waals surface area contributed by atoms with Crippen molar-refractivity contribution in [1.29, 1.82) is 0 Å². The van der Waals surface area contributed by atoms with Gasteiger partial charge in [0, 0.05) is 6.26 Å². The molecule has 0 fully saturated rings. The van der Waals surface area contributed by atoms with Crippen molar-refractivity contribution in [3.63, 3.8) is 0 Å². The first kappa shape index (κ1) is 19.1. The summed E-state index contributed by atoms with van der Waals surface area (Å²) in [4.78, 5) is 24.6. The minimum Gasteiger partial charge on any atom is -0.452 e. The molecule has 0 radical (unpaired) electrons. The van der Waals surface area contributed by atoms with E-state index in [4.69, 9.17) is 16.3 Å². The lowest BCUT2D eigenvalue weighted by Crippen LogP contribution is -2.22. The van der Waals surface area contributed by atoms with Gasteiger partial charge in [0.15, 0.2) is 6.61 Å². The van der Waals surface area contributed by atoms with E-state index in [1.165, 1.54) is 12.3 Å². The molecule has 25 heavy (non-hydrogen) atoms. The Bertz CT molecular complexity index is 828. The Morgan fingerprint density at radius 3 is 2.52 bits per heavy atom. The standard InChI is InChI=1S/C18H18ClNO4S/c1-11-8-12(2)17(14(19)9-11)20-16(21)10-24-18(22)13-6-4-5-7-15(13)25(3)23/h4-9H,10H2,1-3H3,(H,20,21)/t25-/m1/s1. The highest BCUT2D eigenvalue weighted by atomic mass is 35.5. The smallest absolute Gasteiger partial charge is 0.339 e. The molecule has 1 amide bonds. The fourth-order valence-corrected chi connectivity index (χ4v) is 3.44. The summed E-state index contributed by atoms with van der Waals surface area (Å²) in [6.07, 6.45) is 1.47. The summed E-state index contributed by atoms with van der Waals surface area (Å²) in [6.45, 7) is 3.27. The molecule has 0 aliphatic rings. The lowest BCUT2D eigenvalue weighted by atomic mass is 10.1. The molecule has 0 bridgehead atoms. The van der Waals surface area contributed by atoms with Crippen LogP contribution in [0.3, 0.4) is 0 Å². The Kier molecular flexibility index (Phi) is 6.33. The Morgan fingerprint density at radius 1 is 1.20 bits per heavy atom. The second-order valence-corrected chi connectivity index (χ2v) is 7.27. The van der Waals surface area contributed by atoms with Gasteiger partial charge in [0.2, 0.25) is 0 Å². The van der Waals surface area contributed by atoms with Crippen molar-refractivity contribution in [1.82, 2.24) is 0 Å². The molecule has 0 aromatic heterocycles. The Balaban J connectivity index is 2.04. The van der Waals surface area contributed by atoms with E-state index in [0.29, 0.717) is 15.6 Å². The van der Waals surface area contributed by atoms with Crippen LogP contribution in [-0.2, 0) is 20.3 Å². The summed E-state index contributed by atoms with van der Waals surface area (Å²) in [5.74, 6) is -1.20. The van der Waals surface area contributed by atoms with Crippen LogP contribution >= 0.6 is 11.6 Å². The molecule has 2 aromatic rings. The summed E-state index contributed by atoms with van der Waals surface area (Å²) >= 11 is 6.14. The average molecular weight is 380 g/mol. The van der Waals surface area contributed by atoms with Gasteiger partial charge in [0.25, 0.3) is 5.91 Å². The lowest BCUT2D eigenvalue weighted by molar-refractivity contribution is -0.119. The number of nitrogens with one attached hydrogen (secondary N) is 1. The zero-order chi connectivity index (χ0) is 18.6. The first-order chi connectivity index (χ1) is 11.8. The van der Waals surface area contributed by atoms with Gasteiger partial charge >= 0.3 is 5.97 Å². The largest absolute Gasteiger partial charge is 0.452 e. The summed E-state index contributed by atoms with van der Waals surface area (Å²) in [5, 5.41) is 3.06. The van der Waals surface area contributed by atoms with E-state index in [0.717, 1.165) is 11.1 Å². The van der Waals surface area contributed by atoms with Crippen LogP contribution in [0.5, 0.6) is 0 Å². The number of halogens is 1. The average Bonchev–Trinajstić information content (AvgIpc) is 2.55. The van der Waals surface area contributed by atoms with Crippen molar-refractivity contribution >= 4 is 40.0 Å². The predicted molar refractivity (Wildman–Crippen MR) is 98.6 cm³/mol. The number of hydrogen-bond donors (Lipinski definition) is 1. The van der Waals surface area contributed by atoms with E-state index in [9.17, 15) is 13.8 Å². The Hall–Kier alpha value is -2.18. The number of hydrogen-bond acceptors (Lipinski definition) is 4. The van der Waals surface area contributed by atoms with Gasteiger partial charge in [-0.15, -0.1) is 0 Å². The maximum Gasteiger partial charge on any atom is 0.339 e. The van der Waals surface area contributed by atoms with Crippen LogP contribution < -0.4 is 5.32 Å². The van der Waals surface area contributed by atoms with E-state index in [1.807, 2.05) is 19.9 Å². The number of carbonyl (C=O) groups is 2. The normalized spacial score (nSPS) is 11.7. The minimum absolute atomic E-state index is 0.181. The van der Waals surface area contributed by atoms with Gasteiger partial charge in [-0.05, 0) is 43.2 Å². The summed E-state index contributed by atoms with van der Waals surface area (Å²) in [6, 6.07) is 10.0. The van der Waals surface area contributed by atoms with Crippen molar-refractivity contribution < 1.29 is 18.5 Å². The van der Waals surface area contributed by atoms with Crippen LogP contribution in [0.25, 0.3) is 0 Å². The zero-order valence-electron chi connectivity index (χ0n) is 14.1. The highest BCUT2D eigenvalue weighted by molar-refractivity contribution is 7.84. The predicted octanol–water partition coefficient (Wildman–Crippen LogP) is 3.49. The van der Waals surface area contributed by atoms with Crippen molar-refractivity contribution in [3.05, 3.63) is 58.1 Å². The first-order valence-corrected chi connectivity index (χ1v) is 9.39. The lowest BCUT2D eigenvalue weighted by Gasteiger charge is -2.12. The molecule has 0 saturated carbocycles. The van der Waals surface area contributed by atoms with Crippen LogP contribution in [0, 0.1) is 13.8 Å². The SMILES string of the molecule is Cc1cc(C)c(NC(=O)COC(=O)c2ccccc2[S@@](C)=O)c(Cl)c1. The van der Waals surface area contributed by atoms with Crippen molar-refractivity contribution in [2.24, 2.45) is 0 Å². The van der Waals surface area contributed by atoms with E-state index in [2.05, 4.69) is 5.32 Å². The quantitative estimate of drug-likeness (QED) is 0.807. The molecule has 7 heteroatoms. The molecule has 2 aromatic carbocycles. The fraction of sp³-hybridized carbons (Fsp3) is 0.222. The van der Waals surface area contributed by atoms with Gasteiger partial charge in [-0.2, -0.15) is 0 Å². The number of anilines is 1. The molecule has 0 aliphatic carbocycles. The summed E-state index contributed by atoms with van der Waals surface area (Å²) in [7, 11) is -1.33. The highest BCUT2D eigenvalue weighted by Gasteiger charge is 2.17. The molecule has 2 rings (SSSR count). The third kappa shape index (κ3) is 4.90. The van der Waals surface area contributed by atoms with Gasteiger partial charge in [0.05, 0.1) is 32.0 Å². The molecule has 0 saturated heterocycles. The van der Waals surface area contributed by atoms with Crippen molar-refractivity contribution in [3.8, 4) is 0 Å². The Labute approximate surface area is 153 Å². The monoisotopic (exact) mass is 379 g/mol. The number of amides is 1. The highest BCUT2D eigenvalue weighted by Crippen LogP contribution is 2.27. The van der Waals surface area contributed by atoms with E-state index >= 15 is 0 Å². The van der Waals surface area contributed by atoms with E-state index in [1.54, 1.807) is 24.3 Å². The van der Waals surface area contributed by atoms with E-state index in [-0.39, 0.29) is 5.56 Å². The number of carbonyl (C=O) groups excluding carboxylic acids is 2. The fourth-order valence-electron chi connectivity index (χ4n) is 2.34. The summed E-state index contributed by atoms with van der Waals surface area (Å²) < 4.78 is 16.7. The number of esters is 1. The van der Waals surface area contributed by atoms with Crippen LogP contribution in [0.15, 0.2) is 41.3 Å². The first-order valence-electron chi connectivity index (χ1n) is 7.45. The molecule has 132 valence electrons. The molecule has 1 atom stereocenters. The number of benzene rings is 2. The number of rotatable bonds is 5. The van der Waals surface area contributed by atoms with Gasteiger partial charge in [-0.25, -0.2) is 4.79 Å². The van der Waals surface area contributed by atoms with Crippen LogP contribution in [-0.4, -0.2) is 28.9 Å². The van der Waals surface area contributed by atoms with Gasteiger partial charge in [0.1, 0.15) is 0 Å². The zero-order valence-corrected chi connectivity index (χ0v) is 15.7. The van der Waals surface area contributed by atoms with Gasteiger partial charge < -0.3 is 10.1 Å². The number of aryl methyl sites for hydroxylation is 2. The maximum atomic E-state index is 12.1. The maximum absolute atomic E-state index is 12.1. The third-order valence-electron chi connectivity index (χ3n) is 3.45. The Morgan fingerprint density at radius 2 is 1.88 bits per heavy atom. The molecule has 5 nitrogen and oxygen atoms in total. The molecular weight excluding hydrogens is 362 g/mol. The van der Waals surface area contributed by atoms with Crippen LogP contribution in [0.2, 0.25) is 5.02 Å². The van der Waals surface area contributed by atoms with Crippen molar-refractivity contribution in [2.45, 2.75) is 18.7 Å². The third-order valence-corrected chi connectivity index (χ3v) is 4.72. The number of ether oxygens (including phenoxy) is 1. The molecule has 0 unspecified atom stereocenters. The summed E-state index contributed by atoms with van der Waals surface area (Å²) in [5.41, 5.74) is 2.47. The second-order valence-electron chi connectivity index (χ2n) is 5.51. The van der Waals surface area contributed by atoms with Crippen LogP contribution in [0.4, 0.5) is 5.69 Å². The van der Waals surface area contributed by atoms with Gasteiger partial charge in [-0.1, -0.05) is 29.8 Å².